The van der Waals surface area contributed by atoms with Crippen LogP contribution in [0.15, 0.2) is 0 Å². The van der Waals surface area contributed by atoms with Gasteiger partial charge in [0.2, 0.25) is 0 Å². The molecule has 0 radical (unpaired) electrons. The van der Waals surface area contributed by atoms with Crippen LogP contribution in [0.5, 0.6) is 0 Å². The normalized spacial score (nSPS) is 36.3. The Bertz CT molecular complexity index is 99.0. The molecule has 4 nitrogen and oxygen atoms in total. The number of methoxy groups -OCH3 is 1. The standard InChI is InChI=1S/C5H12N2O2/c1-8-5-4(9-5)3(7)2-6/h3-5H,2,6-7H2,1H3/t3-,4?,5?/m0/s1. The zero-order valence-electron chi connectivity index (χ0n) is 5.41. The van der Waals surface area contributed by atoms with E-state index in [1.807, 2.05) is 0 Å². The minimum Gasteiger partial charge on any atom is -0.353 e. The van der Waals surface area contributed by atoms with E-state index in [0.717, 1.165) is 0 Å². The first-order valence-electron chi connectivity index (χ1n) is 2.93. The summed E-state index contributed by atoms with van der Waals surface area (Å²) in [4.78, 5) is 0. The fourth-order valence-electron chi connectivity index (χ4n) is 0.736. The first kappa shape index (κ1) is 6.95. The topological polar surface area (TPSA) is 73.8 Å². The van der Waals surface area contributed by atoms with Gasteiger partial charge >= 0.3 is 0 Å². The van der Waals surface area contributed by atoms with Crippen molar-refractivity contribution in [1.29, 1.82) is 0 Å². The molecule has 0 aromatic carbocycles. The third-order valence-corrected chi connectivity index (χ3v) is 1.41. The van der Waals surface area contributed by atoms with Crippen LogP contribution in [0.25, 0.3) is 0 Å². The smallest absolute Gasteiger partial charge is 0.185 e. The lowest BCUT2D eigenvalue weighted by Gasteiger charge is -2.01. The summed E-state index contributed by atoms with van der Waals surface area (Å²) in [6.07, 6.45) is -0.0800. The van der Waals surface area contributed by atoms with Gasteiger partial charge < -0.3 is 20.9 Å². The van der Waals surface area contributed by atoms with Crippen LogP contribution in [0.3, 0.4) is 0 Å². The minimum absolute atomic E-state index is 0.0278. The average molecular weight is 132 g/mol. The molecule has 0 aromatic rings. The Morgan fingerprint density at radius 2 is 2.44 bits per heavy atom. The molecular weight excluding hydrogens is 120 g/mol. The molecule has 0 aromatic heterocycles. The van der Waals surface area contributed by atoms with Crippen molar-refractivity contribution in [2.45, 2.75) is 18.4 Å². The molecule has 1 saturated heterocycles. The quantitative estimate of drug-likeness (QED) is 0.465. The van der Waals surface area contributed by atoms with Crippen LogP contribution < -0.4 is 11.5 Å². The van der Waals surface area contributed by atoms with Gasteiger partial charge in [0.25, 0.3) is 0 Å². The largest absolute Gasteiger partial charge is 0.353 e. The highest BCUT2D eigenvalue weighted by Crippen LogP contribution is 2.23. The van der Waals surface area contributed by atoms with E-state index >= 15 is 0 Å². The second-order valence-corrected chi connectivity index (χ2v) is 2.10. The number of nitrogens with two attached hydrogens (primary N) is 2. The molecule has 0 amide bonds. The Balaban J connectivity index is 2.17. The van der Waals surface area contributed by atoms with E-state index in [1.165, 1.54) is 0 Å². The van der Waals surface area contributed by atoms with Crippen molar-refractivity contribution >= 4 is 0 Å². The molecular formula is C5H12N2O2. The SMILES string of the molecule is COC1OC1[C@@H](N)CN. The maximum atomic E-state index is 5.51. The fourth-order valence-corrected chi connectivity index (χ4v) is 0.736. The summed E-state index contributed by atoms with van der Waals surface area (Å²) in [5.74, 6) is 0. The van der Waals surface area contributed by atoms with Crippen LogP contribution in [0, 0.1) is 0 Å². The molecule has 1 fully saturated rings. The summed E-state index contributed by atoms with van der Waals surface area (Å²) < 4.78 is 9.83. The van der Waals surface area contributed by atoms with Gasteiger partial charge in [0, 0.05) is 19.7 Å². The van der Waals surface area contributed by atoms with E-state index in [4.69, 9.17) is 20.9 Å². The molecule has 1 aliphatic rings. The second-order valence-electron chi connectivity index (χ2n) is 2.10. The molecule has 3 atom stereocenters. The Morgan fingerprint density at radius 3 is 2.78 bits per heavy atom. The summed E-state index contributed by atoms with van der Waals surface area (Å²) in [5, 5.41) is 0. The van der Waals surface area contributed by atoms with Crippen molar-refractivity contribution in [2.75, 3.05) is 13.7 Å². The van der Waals surface area contributed by atoms with Gasteiger partial charge in [0.05, 0.1) is 0 Å². The van der Waals surface area contributed by atoms with E-state index < -0.39 is 0 Å². The van der Waals surface area contributed by atoms with Crippen molar-refractivity contribution in [1.82, 2.24) is 0 Å². The monoisotopic (exact) mass is 132 g/mol. The molecule has 9 heavy (non-hydrogen) atoms. The minimum atomic E-state index is -0.108. The van der Waals surface area contributed by atoms with E-state index in [1.54, 1.807) is 7.11 Å². The summed E-state index contributed by atoms with van der Waals surface area (Å²) in [6, 6.07) is -0.0741. The second kappa shape index (κ2) is 2.62. The summed E-state index contributed by atoms with van der Waals surface area (Å²) in [7, 11) is 1.59. The molecule has 4 heteroatoms. The Labute approximate surface area is 54.1 Å². The maximum Gasteiger partial charge on any atom is 0.185 e. The first-order chi connectivity index (χ1) is 4.29. The molecule has 0 bridgehead atoms. The van der Waals surface area contributed by atoms with Gasteiger partial charge in [-0.05, 0) is 0 Å². The molecule has 4 N–H and O–H groups in total. The predicted molar refractivity (Wildman–Crippen MR) is 32.7 cm³/mol. The first-order valence-corrected chi connectivity index (χ1v) is 2.93. The average Bonchev–Trinajstić information content (AvgIpc) is 2.64. The zero-order valence-corrected chi connectivity index (χ0v) is 5.41. The fraction of sp³-hybridized carbons (Fsp3) is 1.00. The summed E-state index contributed by atoms with van der Waals surface area (Å²) in [5.41, 5.74) is 10.8. The third-order valence-electron chi connectivity index (χ3n) is 1.41. The predicted octanol–water partition coefficient (Wildman–Crippen LogP) is -1.36. The number of hydrogen-bond acceptors (Lipinski definition) is 4. The van der Waals surface area contributed by atoms with Gasteiger partial charge in [0.1, 0.15) is 6.10 Å². The van der Waals surface area contributed by atoms with E-state index in [0.29, 0.717) is 6.54 Å². The zero-order chi connectivity index (χ0) is 6.85. The maximum absolute atomic E-state index is 5.51. The van der Waals surface area contributed by atoms with Gasteiger partial charge in [-0.15, -0.1) is 0 Å². The van der Waals surface area contributed by atoms with Crippen LogP contribution in [-0.4, -0.2) is 32.1 Å². The highest BCUT2D eigenvalue weighted by Gasteiger charge is 2.43. The van der Waals surface area contributed by atoms with Crippen molar-refractivity contribution < 1.29 is 9.47 Å². The summed E-state index contributed by atoms with van der Waals surface area (Å²) >= 11 is 0. The lowest BCUT2D eigenvalue weighted by Crippen LogP contribution is -2.36. The van der Waals surface area contributed by atoms with E-state index in [9.17, 15) is 0 Å². The van der Waals surface area contributed by atoms with Crippen LogP contribution in [0.1, 0.15) is 0 Å². The Kier molecular flexibility index (Phi) is 2.02. The number of rotatable bonds is 3. The third kappa shape index (κ3) is 1.40. The molecule has 0 saturated carbocycles. The van der Waals surface area contributed by atoms with Gasteiger partial charge in [-0.3, -0.25) is 0 Å². The molecule has 0 spiro atoms. The Morgan fingerprint density at radius 1 is 1.78 bits per heavy atom. The Hall–Kier alpha value is -0.160. The highest BCUT2D eigenvalue weighted by atomic mass is 16.8. The lowest BCUT2D eigenvalue weighted by molar-refractivity contribution is 0.0950. The van der Waals surface area contributed by atoms with Gasteiger partial charge in [-0.2, -0.15) is 0 Å². The number of hydrogen-bond donors (Lipinski definition) is 2. The molecule has 0 aliphatic carbocycles. The molecule has 1 aliphatic heterocycles. The van der Waals surface area contributed by atoms with Crippen molar-refractivity contribution in [2.24, 2.45) is 11.5 Å². The van der Waals surface area contributed by atoms with Crippen LogP contribution >= 0.6 is 0 Å². The molecule has 54 valence electrons. The molecule has 1 heterocycles. The van der Waals surface area contributed by atoms with E-state index in [2.05, 4.69) is 0 Å². The lowest BCUT2D eigenvalue weighted by atomic mass is 10.2. The van der Waals surface area contributed by atoms with Crippen molar-refractivity contribution in [3.63, 3.8) is 0 Å². The van der Waals surface area contributed by atoms with Gasteiger partial charge in [-0.25, -0.2) is 0 Å². The van der Waals surface area contributed by atoms with E-state index in [-0.39, 0.29) is 18.4 Å². The number of epoxide rings is 1. The number of ether oxygens (including phenoxy) is 2. The van der Waals surface area contributed by atoms with Crippen molar-refractivity contribution in [3.05, 3.63) is 0 Å². The highest BCUT2D eigenvalue weighted by molar-refractivity contribution is 4.87. The summed E-state index contributed by atoms with van der Waals surface area (Å²) in [6.45, 7) is 0.449. The molecule has 2 unspecified atom stereocenters. The molecule has 1 rings (SSSR count). The van der Waals surface area contributed by atoms with Crippen LogP contribution in [-0.2, 0) is 9.47 Å². The van der Waals surface area contributed by atoms with Crippen LogP contribution in [0.2, 0.25) is 0 Å². The van der Waals surface area contributed by atoms with Crippen LogP contribution in [0.4, 0.5) is 0 Å². The van der Waals surface area contributed by atoms with Gasteiger partial charge in [0.15, 0.2) is 6.29 Å². The van der Waals surface area contributed by atoms with Gasteiger partial charge in [-0.1, -0.05) is 0 Å². The van der Waals surface area contributed by atoms with Crippen molar-refractivity contribution in [3.8, 4) is 0 Å².